The van der Waals surface area contributed by atoms with Crippen LogP contribution in [0, 0.1) is 5.92 Å². The van der Waals surface area contributed by atoms with Gasteiger partial charge in [0.25, 0.3) is 0 Å². The van der Waals surface area contributed by atoms with E-state index in [2.05, 4.69) is 5.32 Å². The molecule has 2 amide bonds. The molecular weight excluding hydrogens is 454 g/mol. The number of nitrogens with one attached hydrogen (secondary N) is 1. The molecule has 35 heavy (non-hydrogen) atoms. The first-order valence-corrected chi connectivity index (χ1v) is 11.4. The van der Waals surface area contributed by atoms with Crippen LogP contribution in [0.3, 0.4) is 0 Å². The first-order chi connectivity index (χ1) is 16.8. The topological polar surface area (TPSA) is 140 Å². The molecule has 2 aromatic carbocycles. The number of rotatable bonds is 9. The summed E-state index contributed by atoms with van der Waals surface area (Å²) >= 11 is 0. The molecule has 0 aromatic heterocycles. The van der Waals surface area contributed by atoms with E-state index in [0.29, 0.717) is 29.4 Å². The standard InChI is InChI=1S/C25H29N3O7/c1-3-8-27-21(29)12-28-11-18(14-4-7-19-20(9-14)35-13-34-19)22(25(31)32)23(28)16-6-5-15(33-2)10-17(16)24(26)30/h4-7,9-10,18,22-23H,3,8,11-13H2,1-2H3,(H2,26,30)(H,27,29)(H,31,32)/t18-,22+,23-/m1/s1. The predicted octanol–water partition coefficient (Wildman–Crippen LogP) is 1.89. The lowest BCUT2D eigenvalue weighted by Gasteiger charge is -2.28. The van der Waals surface area contributed by atoms with E-state index in [1.165, 1.54) is 13.2 Å². The molecule has 2 aliphatic heterocycles. The Balaban J connectivity index is 1.79. The number of aliphatic carboxylic acids is 1. The number of likely N-dealkylation sites (tertiary alicyclic amines) is 1. The second-order valence-electron chi connectivity index (χ2n) is 8.62. The van der Waals surface area contributed by atoms with Gasteiger partial charge in [-0.15, -0.1) is 0 Å². The van der Waals surface area contributed by atoms with Crippen molar-refractivity contribution in [3.8, 4) is 17.2 Å². The number of benzene rings is 2. The minimum atomic E-state index is -1.04. The van der Waals surface area contributed by atoms with Gasteiger partial charge in [-0.1, -0.05) is 19.1 Å². The molecule has 0 saturated carbocycles. The number of methoxy groups -OCH3 is 1. The fourth-order valence-corrected chi connectivity index (χ4v) is 4.88. The summed E-state index contributed by atoms with van der Waals surface area (Å²) in [4.78, 5) is 39.5. The monoisotopic (exact) mass is 483 g/mol. The maximum atomic E-state index is 12.7. The largest absolute Gasteiger partial charge is 0.497 e. The zero-order chi connectivity index (χ0) is 25.1. The summed E-state index contributed by atoms with van der Waals surface area (Å²) in [6.45, 7) is 2.82. The third-order valence-corrected chi connectivity index (χ3v) is 6.47. The molecular formula is C25H29N3O7. The maximum Gasteiger partial charge on any atom is 0.309 e. The zero-order valence-corrected chi connectivity index (χ0v) is 19.7. The number of nitrogens with two attached hydrogens (primary N) is 1. The molecule has 0 radical (unpaired) electrons. The fraction of sp³-hybridized carbons (Fsp3) is 0.400. The van der Waals surface area contributed by atoms with Crippen LogP contribution < -0.4 is 25.3 Å². The smallest absolute Gasteiger partial charge is 0.309 e. The Morgan fingerprint density at radius 1 is 1.17 bits per heavy atom. The van der Waals surface area contributed by atoms with Crippen molar-refractivity contribution in [1.29, 1.82) is 0 Å². The van der Waals surface area contributed by atoms with Crippen LogP contribution in [0.2, 0.25) is 0 Å². The minimum Gasteiger partial charge on any atom is -0.497 e. The number of amides is 2. The molecule has 2 aliphatic rings. The van der Waals surface area contributed by atoms with E-state index >= 15 is 0 Å². The Morgan fingerprint density at radius 2 is 1.94 bits per heavy atom. The van der Waals surface area contributed by atoms with E-state index in [1.54, 1.807) is 29.2 Å². The number of carboxylic acid groups (broad SMARTS) is 1. The van der Waals surface area contributed by atoms with Crippen molar-refractivity contribution in [2.75, 3.05) is 33.5 Å². The maximum absolute atomic E-state index is 12.7. The molecule has 4 rings (SSSR count). The first-order valence-electron chi connectivity index (χ1n) is 11.4. The normalized spacial score (nSPS) is 21.0. The summed E-state index contributed by atoms with van der Waals surface area (Å²) in [6.07, 6.45) is 0.775. The Hall–Kier alpha value is -3.79. The van der Waals surface area contributed by atoms with E-state index in [-0.39, 0.29) is 31.4 Å². The number of hydrogen-bond acceptors (Lipinski definition) is 7. The van der Waals surface area contributed by atoms with Crippen LogP contribution >= 0.6 is 0 Å². The van der Waals surface area contributed by atoms with Gasteiger partial charge in [-0.2, -0.15) is 0 Å². The Morgan fingerprint density at radius 3 is 2.63 bits per heavy atom. The predicted molar refractivity (Wildman–Crippen MR) is 126 cm³/mol. The van der Waals surface area contributed by atoms with Crippen molar-refractivity contribution in [3.63, 3.8) is 0 Å². The van der Waals surface area contributed by atoms with Crippen LogP contribution in [-0.2, 0) is 9.59 Å². The minimum absolute atomic E-state index is 0.0280. The van der Waals surface area contributed by atoms with E-state index in [1.807, 2.05) is 13.0 Å². The number of fused-ring (bicyclic) bond motifs is 1. The Labute approximate surface area is 202 Å². The molecule has 1 fully saturated rings. The molecule has 0 spiro atoms. The van der Waals surface area contributed by atoms with Crippen LogP contribution in [0.25, 0.3) is 0 Å². The van der Waals surface area contributed by atoms with Crippen LogP contribution in [0.1, 0.15) is 46.8 Å². The second kappa shape index (κ2) is 10.2. The number of primary amides is 1. The highest BCUT2D eigenvalue weighted by molar-refractivity contribution is 5.95. The first kappa shape index (κ1) is 24.3. The van der Waals surface area contributed by atoms with Gasteiger partial charge in [0.15, 0.2) is 11.5 Å². The van der Waals surface area contributed by atoms with Gasteiger partial charge in [-0.25, -0.2) is 0 Å². The van der Waals surface area contributed by atoms with Crippen molar-refractivity contribution in [3.05, 3.63) is 53.1 Å². The van der Waals surface area contributed by atoms with Crippen molar-refractivity contribution in [1.82, 2.24) is 10.2 Å². The Bertz CT molecular complexity index is 1140. The summed E-state index contributed by atoms with van der Waals surface area (Å²) in [5.74, 6) is -1.84. The van der Waals surface area contributed by atoms with Gasteiger partial charge < -0.3 is 30.4 Å². The molecule has 2 heterocycles. The van der Waals surface area contributed by atoms with Crippen molar-refractivity contribution in [2.45, 2.75) is 25.3 Å². The fourth-order valence-electron chi connectivity index (χ4n) is 4.88. The second-order valence-corrected chi connectivity index (χ2v) is 8.62. The lowest BCUT2D eigenvalue weighted by Crippen LogP contribution is -2.39. The highest BCUT2D eigenvalue weighted by atomic mass is 16.7. The van der Waals surface area contributed by atoms with Gasteiger partial charge in [0.05, 0.1) is 25.6 Å². The zero-order valence-electron chi connectivity index (χ0n) is 19.7. The third-order valence-electron chi connectivity index (χ3n) is 6.47. The summed E-state index contributed by atoms with van der Waals surface area (Å²) in [7, 11) is 1.47. The summed E-state index contributed by atoms with van der Waals surface area (Å²) in [6, 6.07) is 9.38. The molecule has 0 bridgehead atoms. The summed E-state index contributed by atoms with van der Waals surface area (Å²) in [5, 5.41) is 13.2. The number of nitrogens with zero attached hydrogens (tertiary/aromatic N) is 1. The molecule has 3 atom stereocenters. The molecule has 10 heteroatoms. The number of hydrogen-bond donors (Lipinski definition) is 3. The molecule has 0 unspecified atom stereocenters. The number of carbonyl (C=O) groups excluding carboxylic acids is 2. The van der Waals surface area contributed by atoms with Crippen molar-refractivity contribution >= 4 is 17.8 Å². The lowest BCUT2D eigenvalue weighted by atomic mass is 9.81. The summed E-state index contributed by atoms with van der Waals surface area (Å²) in [5.41, 5.74) is 7.02. The van der Waals surface area contributed by atoms with E-state index in [4.69, 9.17) is 19.9 Å². The van der Waals surface area contributed by atoms with Gasteiger partial charge in [0.2, 0.25) is 18.6 Å². The van der Waals surface area contributed by atoms with Crippen LogP contribution in [0.15, 0.2) is 36.4 Å². The quantitative estimate of drug-likeness (QED) is 0.491. The summed E-state index contributed by atoms with van der Waals surface area (Å²) < 4.78 is 16.1. The molecule has 4 N–H and O–H groups in total. The number of carboxylic acids is 1. The van der Waals surface area contributed by atoms with Gasteiger partial charge in [0, 0.05) is 24.6 Å². The van der Waals surface area contributed by atoms with Gasteiger partial charge >= 0.3 is 5.97 Å². The van der Waals surface area contributed by atoms with Gasteiger partial charge in [-0.05, 0) is 41.8 Å². The molecule has 2 aromatic rings. The highest BCUT2D eigenvalue weighted by Gasteiger charge is 2.49. The number of ether oxygens (including phenoxy) is 3. The van der Waals surface area contributed by atoms with Crippen molar-refractivity contribution < 1.29 is 33.7 Å². The van der Waals surface area contributed by atoms with Gasteiger partial charge in [-0.3, -0.25) is 19.3 Å². The molecule has 1 saturated heterocycles. The average molecular weight is 484 g/mol. The Kier molecular flexibility index (Phi) is 7.11. The lowest BCUT2D eigenvalue weighted by molar-refractivity contribution is -0.143. The molecule has 10 nitrogen and oxygen atoms in total. The van der Waals surface area contributed by atoms with E-state index < -0.39 is 29.8 Å². The van der Waals surface area contributed by atoms with Crippen LogP contribution in [-0.4, -0.2) is 61.3 Å². The highest BCUT2D eigenvalue weighted by Crippen LogP contribution is 2.48. The van der Waals surface area contributed by atoms with Crippen molar-refractivity contribution in [2.24, 2.45) is 11.7 Å². The van der Waals surface area contributed by atoms with Crippen LogP contribution in [0.5, 0.6) is 17.2 Å². The van der Waals surface area contributed by atoms with E-state index in [9.17, 15) is 19.5 Å². The third kappa shape index (κ3) is 4.88. The average Bonchev–Trinajstić information content (AvgIpc) is 3.46. The van der Waals surface area contributed by atoms with Gasteiger partial charge in [0.1, 0.15) is 5.75 Å². The molecule has 186 valence electrons. The van der Waals surface area contributed by atoms with Crippen LogP contribution in [0.4, 0.5) is 0 Å². The van der Waals surface area contributed by atoms with E-state index in [0.717, 1.165) is 12.0 Å². The molecule has 0 aliphatic carbocycles. The SMILES string of the molecule is CCCNC(=O)CN1C[C@H](c2ccc3c(c2)OCO3)[C@H](C(=O)O)[C@H]1c1ccc(OC)cc1C(N)=O. The number of carbonyl (C=O) groups is 3.